The Morgan fingerprint density at radius 2 is 1.93 bits per heavy atom. The highest BCUT2D eigenvalue weighted by atomic mass is 19.1. The van der Waals surface area contributed by atoms with Crippen molar-refractivity contribution in [2.24, 2.45) is 5.92 Å². The van der Waals surface area contributed by atoms with E-state index in [9.17, 15) is 8.78 Å². The zero-order valence-corrected chi connectivity index (χ0v) is 16.8. The molecule has 2 heterocycles. The molecule has 2 aliphatic rings. The van der Waals surface area contributed by atoms with Crippen molar-refractivity contribution in [1.29, 1.82) is 0 Å². The molecule has 6 heteroatoms. The third kappa shape index (κ3) is 3.77. The van der Waals surface area contributed by atoms with E-state index in [1.807, 2.05) is 20.8 Å². The highest BCUT2D eigenvalue weighted by Crippen LogP contribution is 2.56. The van der Waals surface area contributed by atoms with Gasteiger partial charge in [0.1, 0.15) is 29.4 Å². The van der Waals surface area contributed by atoms with Gasteiger partial charge in [0.2, 0.25) is 0 Å². The van der Waals surface area contributed by atoms with Gasteiger partial charge in [0.05, 0.1) is 12.2 Å². The molecule has 2 saturated heterocycles. The summed E-state index contributed by atoms with van der Waals surface area (Å²) >= 11 is 0. The van der Waals surface area contributed by atoms with E-state index < -0.39 is 29.1 Å². The molecule has 0 saturated carbocycles. The Morgan fingerprint density at radius 1 is 1.19 bits per heavy atom. The van der Waals surface area contributed by atoms with Gasteiger partial charge in [-0.25, -0.2) is 8.78 Å². The van der Waals surface area contributed by atoms with Gasteiger partial charge in [0.15, 0.2) is 6.29 Å². The van der Waals surface area contributed by atoms with Gasteiger partial charge >= 0.3 is 0 Å². The SMILES string of the molecule is CCOC(C)O[C@@H]1[C@@H](OCc2cc(F)ccc2F)[C@]2(C)CC[C@@]1(C(C)C)O2. The van der Waals surface area contributed by atoms with Gasteiger partial charge in [0, 0.05) is 12.2 Å². The number of rotatable bonds is 8. The number of ether oxygens (including phenoxy) is 4. The van der Waals surface area contributed by atoms with Crippen molar-refractivity contribution in [1.82, 2.24) is 0 Å². The van der Waals surface area contributed by atoms with Crippen LogP contribution in [0, 0.1) is 17.6 Å². The van der Waals surface area contributed by atoms with Crippen LogP contribution in [0.3, 0.4) is 0 Å². The first-order chi connectivity index (χ1) is 12.7. The van der Waals surface area contributed by atoms with Crippen molar-refractivity contribution in [3.8, 4) is 0 Å². The Morgan fingerprint density at radius 3 is 2.59 bits per heavy atom. The number of benzene rings is 1. The van der Waals surface area contributed by atoms with Crippen molar-refractivity contribution in [3.05, 3.63) is 35.4 Å². The zero-order valence-electron chi connectivity index (χ0n) is 16.8. The molecule has 1 unspecified atom stereocenters. The second kappa shape index (κ2) is 7.74. The first-order valence-corrected chi connectivity index (χ1v) is 9.74. The summed E-state index contributed by atoms with van der Waals surface area (Å²) < 4.78 is 51.9. The second-order valence-electron chi connectivity index (χ2n) is 8.07. The van der Waals surface area contributed by atoms with E-state index >= 15 is 0 Å². The molecule has 152 valence electrons. The lowest BCUT2D eigenvalue weighted by Crippen LogP contribution is -2.54. The number of hydrogen-bond acceptors (Lipinski definition) is 4. The van der Waals surface area contributed by atoms with Crippen LogP contribution in [0.1, 0.15) is 53.0 Å². The highest BCUT2D eigenvalue weighted by Gasteiger charge is 2.68. The highest BCUT2D eigenvalue weighted by molar-refractivity contribution is 5.20. The average Bonchev–Trinajstić information content (AvgIpc) is 3.07. The molecule has 0 spiro atoms. The predicted molar refractivity (Wildman–Crippen MR) is 97.2 cm³/mol. The molecular weight excluding hydrogens is 354 g/mol. The summed E-state index contributed by atoms with van der Waals surface area (Å²) in [5.41, 5.74) is -0.799. The fourth-order valence-electron chi connectivity index (χ4n) is 4.46. The van der Waals surface area contributed by atoms with Gasteiger partial charge in [-0.1, -0.05) is 13.8 Å². The zero-order chi connectivity index (χ0) is 19.8. The summed E-state index contributed by atoms with van der Waals surface area (Å²) in [6, 6.07) is 3.39. The molecule has 0 aromatic heterocycles. The third-order valence-corrected chi connectivity index (χ3v) is 5.94. The Kier molecular flexibility index (Phi) is 5.92. The molecule has 2 bridgehead atoms. The molecule has 1 aromatic carbocycles. The number of halogens is 2. The van der Waals surface area contributed by atoms with Crippen LogP contribution in [-0.4, -0.2) is 36.3 Å². The van der Waals surface area contributed by atoms with Crippen LogP contribution in [0.5, 0.6) is 0 Å². The van der Waals surface area contributed by atoms with Gasteiger partial charge in [-0.3, -0.25) is 0 Å². The molecule has 4 nitrogen and oxygen atoms in total. The van der Waals surface area contributed by atoms with Gasteiger partial charge in [-0.15, -0.1) is 0 Å². The van der Waals surface area contributed by atoms with Crippen LogP contribution in [0.15, 0.2) is 18.2 Å². The molecule has 2 aliphatic heterocycles. The van der Waals surface area contributed by atoms with E-state index in [0.29, 0.717) is 6.61 Å². The van der Waals surface area contributed by atoms with Crippen molar-refractivity contribution in [3.63, 3.8) is 0 Å². The average molecular weight is 384 g/mol. The fraction of sp³-hybridized carbons (Fsp3) is 0.714. The predicted octanol–water partition coefficient (Wildman–Crippen LogP) is 4.60. The van der Waals surface area contributed by atoms with Crippen LogP contribution in [-0.2, 0) is 25.6 Å². The number of fused-ring (bicyclic) bond motifs is 2. The molecular formula is C21H30F2O4. The summed E-state index contributed by atoms with van der Waals surface area (Å²) in [6.07, 6.45) is 0.580. The monoisotopic (exact) mass is 384 g/mol. The summed E-state index contributed by atoms with van der Waals surface area (Å²) in [6.45, 7) is 10.5. The quantitative estimate of drug-likeness (QED) is 0.614. The fourth-order valence-corrected chi connectivity index (χ4v) is 4.46. The third-order valence-electron chi connectivity index (χ3n) is 5.94. The van der Waals surface area contributed by atoms with Crippen molar-refractivity contribution in [2.45, 2.75) is 83.8 Å². The maximum atomic E-state index is 14.0. The van der Waals surface area contributed by atoms with E-state index in [1.165, 1.54) is 6.07 Å². The van der Waals surface area contributed by atoms with Crippen LogP contribution in [0.4, 0.5) is 8.78 Å². The van der Waals surface area contributed by atoms with Crippen LogP contribution >= 0.6 is 0 Å². The smallest absolute Gasteiger partial charge is 0.155 e. The molecule has 0 N–H and O–H groups in total. The van der Waals surface area contributed by atoms with Crippen LogP contribution in [0.25, 0.3) is 0 Å². The van der Waals surface area contributed by atoms with Gasteiger partial charge in [-0.05, 0) is 57.7 Å². The first kappa shape index (κ1) is 20.6. The minimum absolute atomic E-state index is 0.0374. The maximum Gasteiger partial charge on any atom is 0.155 e. The lowest BCUT2D eigenvalue weighted by molar-refractivity contribution is -0.216. The Labute approximate surface area is 160 Å². The first-order valence-electron chi connectivity index (χ1n) is 9.74. The lowest BCUT2D eigenvalue weighted by atomic mass is 9.73. The molecule has 1 aromatic rings. The van der Waals surface area contributed by atoms with Gasteiger partial charge in [-0.2, -0.15) is 0 Å². The molecule has 5 atom stereocenters. The Hall–Kier alpha value is -1.08. The van der Waals surface area contributed by atoms with Crippen LogP contribution in [0.2, 0.25) is 0 Å². The number of hydrogen-bond donors (Lipinski definition) is 0. The van der Waals surface area contributed by atoms with Crippen LogP contribution < -0.4 is 0 Å². The minimum atomic E-state index is -0.523. The molecule has 0 amide bonds. The van der Waals surface area contributed by atoms with Crippen molar-refractivity contribution >= 4 is 0 Å². The van der Waals surface area contributed by atoms with Crippen molar-refractivity contribution < 1.29 is 27.7 Å². The van der Waals surface area contributed by atoms with E-state index in [0.717, 1.165) is 25.0 Å². The van der Waals surface area contributed by atoms with Gasteiger partial charge in [0.25, 0.3) is 0 Å². The summed E-state index contributed by atoms with van der Waals surface area (Å²) in [5.74, 6) is -0.746. The summed E-state index contributed by atoms with van der Waals surface area (Å²) in [5, 5.41) is 0. The Bertz CT molecular complexity index is 668. The Balaban J connectivity index is 1.83. The minimum Gasteiger partial charge on any atom is -0.368 e. The van der Waals surface area contributed by atoms with E-state index in [1.54, 1.807) is 0 Å². The van der Waals surface area contributed by atoms with Crippen molar-refractivity contribution in [2.75, 3.05) is 6.61 Å². The summed E-state index contributed by atoms with van der Waals surface area (Å²) in [4.78, 5) is 0. The van der Waals surface area contributed by atoms with Gasteiger partial charge < -0.3 is 18.9 Å². The van der Waals surface area contributed by atoms with E-state index in [2.05, 4.69) is 13.8 Å². The molecule has 0 radical (unpaired) electrons. The maximum absolute atomic E-state index is 14.0. The topological polar surface area (TPSA) is 36.9 Å². The second-order valence-corrected chi connectivity index (χ2v) is 8.07. The molecule has 3 rings (SSSR count). The summed E-state index contributed by atoms with van der Waals surface area (Å²) in [7, 11) is 0. The van der Waals surface area contributed by atoms with E-state index in [-0.39, 0.29) is 30.3 Å². The normalized spacial score (nSPS) is 33.8. The molecule has 2 fully saturated rings. The standard InChI is InChI=1S/C21H30F2O4/c1-6-24-14(4)26-19-18(20(5)9-10-21(19,27-20)13(2)3)25-12-15-11-16(22)7-8-17(15)23/h7-8,11,13-14,18-19H,6,9-10,12H2,1-5H3/t14?,18-,19-,20+,21+/m1/s1. The van der Waals surface area contributed by atoms with E-state index in [4.69, 9.17) is 18.9 Å². The molecule has 0 aliphatic carbocycles. The molecule has 27 heavy (non-hydrogen) atoms. The largest absolute Gasteiger partial charge is 0.368 e. The lowest BCUT2D eigenvalue weighted by Gasteiger charge is -2.40.